The molecule has 8 rings (SSSR count). The highest BCUT2D eigenvalue weighted by Crippen LogP contribution is 2.26. The number of ether oxygens (including phenoxy) is 7. The Morgan fingerprint density at radius 2 is 1.39 bits per heavy atom. The molecule has 4 atom stereocenters. The molecular weight excluding hydrogens is 962 g/mol. The normalized spacial score (nSPS) is 18.7. The number of nitrogens with one attached hydrogen (secondary N) is 1. The molecular formula is C34H32I2N10O10. The fourth-order valence-electron chi connectivity index (χ4n) is 4.97. The number of H-pyrrole nitrogens is 1. The van der Waals surface area contributed by atoms with Crippen molar-refractivity contribution in [3.05, 3.63) is 91.8 Å². The van der Waals surface area contributed by atoms with E-state index in [1.165, 1.54) is 6.92 Å². The number of imidazole rings is 2. The maximum absolute atomic E-state index is 12.0. The second-order valence-corrected chi connectivity index (χ2v) is 13.4. The van der Waals surface area contributed by atoms with Gasteiger partial charge in [0.15, 0.2) is 30.1 Å². The van der Waals surface area contributed by atoms with Gasteiger partial charge in [0, 0.05) is 6.92 Å². The largest absolute Gasteiger partial charge is 0.457 e. The number of aromatic amines is 1. The number of rotatable bonds is 8. The zero-order chi connectivity index (χ0) is 39.6. The van der Waals surface area contributed by atoms with Gasteiger partial charge in [-0.2, -0.15) is 9.97 Å². The van der Waals surface area contributed by atoms with E-state index in [1.54, 1.807) is 65.8 Å². The van der Waals surface area contributed by atoms with Crippen LogP contribution in [0.4, 0.5) is 11.9 Å². The summed E-state index contributed by atoms with van der Waals surface area (Å²) in [7, 11) is 0. The van der Waals surface area contributed by atoms with Crippen LogP contribution in [0.5, 0.6) is 0 Å². The summed E-state index contributed by atoms with van der Waals surface area (Å²) >= 11 is 4.13. The fourth-order valence-corrected chi connectivity index (χ4v) is 6.24. The lowest BCUT2D eigenvalue weighted by molar-refractivity contribution is -0.177. The monoisotopic (exact) mass is 994 g/mol. The molecule has 5 N–H and O–H groups in total. The number of esters is 3. The van der Waals surface area contributed by atoms with Gasteiger partial charge in [-0.3, -0.25) is 9.36 Å². The van der Waals surface area contributed by atoms with E-state index in [9.17, 15) is 14.4 Å². The average molecular weight is 994 g/mol. The van der Waals surface area contributed by atoms with Crippen molar-refractivity contribution in [3.8, 4) is 0 Å². The number of carbonyl (C=O) groups excluding carboxylic acids is 3. The lowest BCUT2D eigenvalue weighted by atomic mass is 10.2. The van der Waals surface area contributed by atoms with Gasteiger partial charge in [0.25, 0.3) is 0 Å². The SMILES string of the molecule is CC(=O)OC1CO[C@@H](COC(=O)c2ccccc2)O1.Nc1nc(I)c2[nH]cnc2n1.Nc1nc(I)c2ncn(C3CO[C@@H](COC(=O)c4ccccc4)O3)c2n1. The molecule has 56 heavy (non-hydrogen) atoms. The number of nitrogens with two attached hydrogens (primary N) is 2. The van der Waals surface area contributed by atoms with Crippen molar-refractivity contribution in [2.45, 2.75) is 32.0 Å². The third-order valence-electron chi connectivity index (χ3n) is 7.44. The van der Waals surface area contributed by atoms with Gasteiger partial charge in [0.05, 0.1) is 30.4 Å². The molecule has 0 bridgehead atoms. The van der Waals surface area contributed by atoms with Crippen molar-refractivity contribution in [3.63, 3.8) is 0 Å². The van der Waals surface area contributed by atoms with Crippen LogP contribution in [0.1, 0.15) is 33.9 Å². The molecule has 2 aliphatic rings. The molecule has 2 aliphatic heterocycles. The zero-order valence-corrected chi connectivity index (χ0v) is 33.5. The Labute approximate surface area is 344 Å². The van der Waals surface area contributed by atoms with Crippen molar-refractivity contribution in [2.75, 3.05) is 37.9 Å². The number of fused-ring (bicyclic) bond motifs is 2. The van der Waals surface area contributed by atoms with Gasteiger partial charge in [0.1, 0.15) is 38.3 Å². The molecule has 2 aromatic carbocycles. The quantitative estimate of drug-likeness (QED) is 0.0854. The lowest BCUT2D eigenvalue weighted by Gasteiger charge is -2.13. The van der Waals surface area contributed by atoms with Gasteiger partial charge in [-0.05, 0) is 69.4 Å². The molecule has 6 heterocycles. The number of aromatic nitrogens is 8. The Kier molecular flexibility index (Phi) is 13.8. The minimum absolute atomic E-state index is 0.00842. The molecule has 0 spiro atoms. The van der Waals surface area contributed by atoms with Gasteiger partial charge >= 0.3 is 17.9 Å². The van der Waals surface area contributed by atoms with Gasteiger partial charge in [-0.25, -0.2) is 29.5 Å². The van der Waals surface area contributed by atoms with Crippen molar-refractivity contribution in [2.24, 2.45) is 0 Å². The number of hydrogen-bond donors (Lipinski definition) is 3. The van der Waals surface area contributed by atoms with Crippen molar-refractivity contribution < 1.29 is 47.5 Å². The van der Waals surface area contributed by atoms with E-state index in [2.05, 4.69) is 80.1 Å². The molecule has 4 aromatic heterocycles. The Morgan fingerprint density at radius 3 is 2.04 bits per heavy atom. The summed E-state index contributed by atoms with van der Waals surface area (Å²) in [6.07, 6.45) is 0.623. The Balaban J connectivity index is 0.000000155. The first-order valence-corrected chi connectivity index (χ1v) is 18.6. The van der Waals surface area contributed by atoms with E-state index in [1.807, 2.05) is 12.1 Å². The predicted octanol–water partition coefficient (Wildman–Crippen LogP) is 3.39. The third-order valence-corrected chi connectivity index (χ3v) is 8.97. The fraction of sp³-hybridized carbons (Fsp3) is 0.265. The summed E-state index contributed by atoms with van der Waals surface area (Å²) < 4.78 is 40.0. The molecule has 20 nitrogen and oxygen atoms in total. The topological polar surface area (TPSA) is 266 Å². The van der Waals surface area contributed by atoms with Crippen molar-refractivity contribution in [1.82, 2.24) is 39.5 Å². The molecule has 0 saturated carbocycles. The van der Waals surface area contributed by atoms with Gasteiger partial charge in [-0.1, -0.05) is 36.4 Å². The zero-order valence-electron chi connectivity index (χ0n) is 29.2. The highest BCUT2D eigenvalue weighted by Gasteiger charge is 2.31. The first-order valence-electron chi connectivity index (χ1n) is 16.5. The third kappa shape index (κ3) is 10.8. The molecule has 2 saturated heterocycles. The van der Waals surface area contributed by atoms with E-state index in [0.717, 1.165) is 9.22 Å². The standard InChI is InChI=1S/C16H14IN5O4.C13H14O6.C5H4IN5/c17-13-12-14(21-16(18)20-13)22(8-19-12)10-6-24-11(26-10)7-25-15(23)9-4-2-1-3-5-9;1-9(14)18-12-8-16-11(19-12)7-17-13(15)10-5-3-2-4-6-10;6-3-2-4(9-1-8-2)11-5(7)10-3/h1-5,8,10-11H,6-7H2,(H2,18,20,21);2-6,11-12H,7-8H2,1H3;1H,(H3,7,8,9,10,11)/t10?,11-;11-,12?;/m11./s1. The molecule has 0 amide bonds. The highest BCUT2D eigenvalue weighted by molar-refractivity contribution is 14.1. The van der Waals surface area contributed by atoms with E-state index < -0.39 is 43.0 Å². The number of anilines is 2. The molecule has 6 aromatic rings. The van der Waals surface area contributed by atoms with Crippen LogP contribution in [0, 0.1) is 7.40 Å². The van der Waals surface area contributed by atoms with Crippen LogP contribution >= 0.6 is 45.2 Å². The second kappa shape index (κ2) is 19.1. The van der Waals surface area contributed by atoms with E-state index >= 15 is 0 Å². The maximum Gasteiger partial charge on any atom is 0.338 e. The number of hydrogen-bond acceptors (Lipinski definition) is 18. The minimum Gasteiger partial charge on any atom is -0.457 e. The molecule has 0 radical (unpaired) electrons. The smallest absolute Gasteiger partial charge is 0.338 e. The van der Waals surface area contributed by atoms with Crippen molar-refractivity contribution in [1.29, 1.82) is 0 Å². The summed E-state index contributed by atoms with van der Waals surface area (Å²) in [6.45, 7) is 1.63. The molecule has 0 aliphatic carbocycles. The molecule has 2 fully saturated rings. The lowest BCUT2D eigenvalue weighted by Crippen LogP contribution is -2.22. The summed E-state index contributed by atoms with van der Waals surface area (Å²) in [5.74, 6) is -0.909. The van der Waals surface area contributed by atoms with Crippen LogP contribution in [-0.4, -0.2) is 103 Å². The van der Waals surface area contributed by atoms with E-state index in [4.69, 9.17) is 44.6 Å². The Hall–Kier alpha value is -5.15. The number of nitrogens with zero attached hydrogens (tertiary/aromatic N) is 7. The summed E-state index contributed by atoms with van der Waals surface area (Å²) in [5, 5.41) is 0. The number of halogens is 2. The van der Waals surface area contributed by atoms with Gasteiger partial charge in [0.2, 0.25) is 18.2 Å². The predicted molar refractivity (Wildman–Crippen MR) is 211 cm³/mol. The highest BCUT2D eigenvalue weighted by atomic mass is 127. The van der Waals surface area contributed by atoms with Gasteiger partial charge < -0.3 is 49.6 Å². The van der Waals surface area contributed by atoms with Crippen LogP contribution in [0.3, 0.4) is 0 Å². The van der Waals surface area contributed by atoms with E-state index in [0.29, 0.717) is 31.6 Å². The van der Waals surface area contributed by atoms with Crippen LogP contribution in [-0.2, 0) is 38.0 Å². The maximum atomic E-state index is 12.0. The van der Waals surface area contributed by atoms with Crippen LogP contribution in [0.2, 0.25) is 0 Å². The number of nitrogen functional groups attached to an aromatic ring is 2. The first-order chi connectivity index (χ1) is 27.0. The molecule has 2 unspecified atom stereocenters. The Bertz CT molecular complexity index is 2280. The Morgan fingerprint density at radius 1 is 0.804 bits per heavy atom. The average Bonchev–Trinajstić information content (AvgIpc) is 4.02. The number of carbonyl (C=O) groups is 3. The summed E-state index contributed by atoms with van der Waals surface area (Å²) in [4.78, 5) is 61.7. The van der Waals surface area contributed by atoms with E-state index in [-0.39, 0.29) is 38.3 Å². The summed E-state index contributed by atoms with van der Waals surface area (Å²) in [5.41, 5.74) is 14.7. The molecule has 292 valence electrons. The first kappa shape index (κ1) is 40.5. The summed E-state index contributed by atoms with van der Waals surface area (Å²) in [6, 6.07) is 17.4. The van der Waals surface area contributed by atoms with Crippen LogP contribution < -0.4 is 11.5 Å². The second-order valence-electron chi connectivity index (χ2n) is 11.4. The van der Waals surface area contributed by atoms with Crippen molar-refractivity contribution >= 4 is 97.3 Å². The minimum atomic E-state index is -0.738. The van der Waals surface area contributed by atoms with Crippen LogP contribution in [0.25, 0.3) is 22.3 Å². The van der Waals surface area contributed by atoms with Gasteiger partial charge in [-0.15, -0.1) is 0 Å². The number of benzene rings is 2. The van der Waals surface area contributed by atoms with Crippen LogP contribution in [0.15, 0.2) is 73.3 Å². The molecule has 22 heteroatoms.